The fourth-order valence-electron chi connectivity index (χ4n) is 1.47. The summed E-state index contributed by atoms with van der Waals surface area (Å²) in [6.45, 7) is 3.73. The van der Waals surface area contributed by atoms with E-state index in [1.807, 2.05) is 13.8 Å². The number of sulfone groups is 1. The average Bonchev–Trinajstić information content (AvgIpc) is 2.48. The monoisotopic (exact) mass is 371 g/mol. The van der Waals surface area contributed by atoms with E-state index in [4.69, 9.17) is 15.9 Å². The zero-order valence-electron chi connectivity index (χ0n) is 12.4. The summed E-state index contributed by atoms with van der Waals surface area (Å²) >= 11 is 0. The Balaban J connectivity index is 0.000000231. The fraction of sp³-hybridized carbons (Fsp3) is 0.133. The lowest BCUT2D eigenvalue weighted by molar-refractivity contribution is 0.605. The molecule has 0 N–H and O–H groups in total. The van der Waals surface area contributed by atoms with Crippen molar-refractivity contribution >= 4 is 29.6 Å². The van der Waals surface area contributed by atoms with Gasteiger partial charge in [-0.3, -0.25) is 0 Å². The Morgan fingerprint density at radius 1 is 0.783 bits per heavy atom. The first-order chi connectivity index (χ1) is 10.6. The van der Waals surface area contributed by atoms with Crippen LogP contribution in [-0.2, 0) is 18.9 Å². The van der Waals surface area contributed by atoms with Gasteiger partial charge in [0.25, 0.3) is 18.9 Å². The van der Waals surface area contributed by atoms with Gasteiger partial charge in [-0.25, -0.2) is 16.8 Å². The normalized spacial score (nSPS) is 11.0. The fourth-order valence-corrected chi connectivity index (χ4v) is 2.84. The van der Waals surface area contributed by atoms with Gasteiger partial charge < -0.3 is 0 Å². The Labute approximate surface area is 140 Å². The molecule has 0 unspecified atom stereocenters. The first-order valence-corrected chi connectivity index (χ1v) is 10.1. The van der Waals surface area contributed by atoms with Crippen LogP contribution >= 0.6 is 10.7 Å². The van der Waals surface area contributed by atoms with Crippen molar-refractivity contribution in [2.24, 2.45) is 0 Å². The highest BCUT2D eigenvalue weighted by atomic mass is 35.7. The summed E-state index contributed by atoms with van der Waals surface area (Å²) in [7, 11) is -2.17. The van der Waals surface area contributed by atoms with Crippen LogP contribution in [0.1, 0.15) is 11.1 Å². The number of nitrogens with zero attached hydrogens (tertiary/aromatic N) is 1. The minimum atomic E-state index is -3.71. The first kappa shape index (κ1) is 19.2. The maximum absolute atomic E-state index is 11.0. The summed E-state index contributed by atoms with van der Waals surface area (Å²) in [6.07, 6.45) is 0. The van der Waals surface area contributed by atoms with Crippen LogP contribution in [0.3, 0.4) is 0 Å². The largest absolute Gasteiger partial charge is 0.269 e. The van der Waals surface area contributed by atoms with E-state index in [-0.39, 0.29) is 9.79 Å². The van der Waals surface area contributed by atoms with Crippen molar-refractivity contribution in [3.8, 4) is 5.40 Å². The highest BCUT2D eigenvalue weighted by Gasteiger charge is 2.11. The Hall–Kier alpha value is -1.88. The molecule has 0 saturated heterocycles. The molecule has 2 aromatic carbocycles. The quantitative estimate of drug-likeness (QED) is 0.459. The molecule has 0 aromatic heterocycles. The van der Waals surface area contributed by atoms with Crippen LogP contribution in [0.25, 0.3) is 0 Å². The van der Waals surface area contributed by atoms with E-state index < -0.39 is 18.9 Å². The third kappa shape index (κ3) is 6.02. The van der Waals surface area contributed by atoms with E-state index in [1.54, 1.807) is 24.3 Å². The molecule has 0 spiro atoms. The van der Waals surface area contributed by atoms with E-state index in [1.165, 1.54) is 29.7 Å². The number of aryl methyl sites for hydroxylation is 2. The minimum Gasteiger partial charge on any atom is -0.208 e. The minimum absolute atomic E-state index is 0.0515. The van der Waals surface area contributed by atoms with Crippen LogP contribution in [0.15, 0.2) is 58.3 Å². The van der Waals surface area contributed by atoms with Crippen molar-refractivity contribution in [2.75, 3.05) is 0 Å². The lowest BCUT2D eigenvalue weighted by atomic mass is 10.2. The molecular weight excluding hydrogens is 358 g/mol. The summed E-state index contributed by atoms with van der Waals surface area (Å²) in [6, 6.07) is 12.5. The summed E-state index contributed by atoms with van der Waals surface area (Å²) in [5, 5.41) is 9.53. The van der Waals surface area contributed by atoms with Gasteiger partial charge in [-0.15, -0.1) is 0 Å². The molecule has 0 bridgehead atoms. The van der Waals surface area contributed by atoms with Gasteiger partial charge in [-0.2, -0.15) is 5.26 Å². The molecule has 2 rings (SSSR count). The lowest BCUT2D eigenvalue weighted by Gasteiger charge is -1.94. The lowest BCUT2D eigenvalue weighted by Crippen LogP contribution is -1.95. The van der Waals surface area contributed by atoms with Crippen molar-refractivity contribution in [2.45, 2.75) is 23.6 Å². The standard InChI is InChI=1S/C8H7NO2S.C7H7ClO2S/c1-7-2-4-8(5-3-7)12(10,11)6-9;1-6-2-4-7(5-3-6)11(8,9)10/h2-5H,1H3;2-5H,1H3. The zero-order chi connectivity index (χ0) is 17.7. The van der Waals surface area contributed by atoms with Gasteiger partial charge in [-0.1, -0.05) is 35.4 Å². The predicted octanol–water partition coefficient (Wildman–Crippen LogP) is 3.17. The van der Waals surface area contributed by atoms with Crippen LogP contribution in [0.2, 0.25) is 0 Å². The first-order valence-electron chi connectivity index (χ1n) is 6.30. The number of halogens is 1. The third-order valence-electron chi connectivity index (χ3n) is 2.75. The SMILES string of the molecule is Cc1ccc(S(=O)(=O)C#N)cc1.Cc1ccc(S(=O)(=O)Cl)cc1. The van der Waals surface area contributed by atoms with Crippen molar-refractivity contribution in [1.82, 2.24) is 0 Å². The molecule has 0 heterocycles. The molecule has 23 heavy (non-hydrogen) atoms. The highest BCUT2D eigenvalue weighted by Crippen LogP contribution is 2.14. The molecule has 8 heteroatoms. The second kappa shape index (κ2) is 7.59. The molecule has 0 aliphatic rings. The smallest absolute Gasteiger partial charge is 0.208 e. The van der Waals surface area contributed by atoms with Gasteiger partial charge in [0.15, 0.2) is 5.40 Å². The van der Waals surface area contributed by atoms with Crippen LogP contribution < -0.4 is 0 Å². The molecular formula is C15H14ClNO4S2. The Bertz CT molecular complexity index is 911. The summed E-state index contributed by atoms with van der Waals surface area (Å²) in [4.78, 5) is 0.195. The number of rotatable bonds is 2. The second-order valence-corrected chi connectivity index (χ2v) is 8.89. The van der Waals surface area contributed by atoms with Crippen molar-refractivity contribution in [1.29, 1.82) is 5.26 Å². The van der Waals surface area contributed by atoms with Crippen molar-refractivity contribution in [3.63, 3.8) is 0 Å². The summed E-state index contributed by atoms with van der Waals surface area (Å²) in [5.74, 6) is 0. The molecule has 5 nitrogen and oxygen atoms in total. The van der Waals surface area contributed by atoms with E-state index in [0.717, 1.165) is 11.1 Å². The third-order valence-corrected chi connectivity index (χ3v) is 5.26. The number of nitriles is 1. The average molecular weight is 372 g/mol. The molecule has 122 valence electrons. The Kier molecular flexibility index (Phi) is 6.33. The van der Waals surface area contributed by atoms with E-state index >= 15 is 0 Å². The molecule has 0 fully saturated rings. The predicted molar refractivity (Wildman–Crippen MR) is 88.2 cm³/mol. The van der Waals surface area contributed by atoms with Gasteiger partial charge in [0.05, 0.1) is 9.79 Å². The van der Waals surface area contributed by atoms with Crippen LogP contribution in [0.4, 0.5) is 0 Å². The number of benzene rings is 2. The van der Waals surface area contributed by atoms with Crippen LogP contribution in [0.5, 0.6) is 0 Å². The van der Waals surface area contributed by atoms with Gasteiger partial charge in [-0.05, 0) is 38.1 Å². The van der Waals surface area contributed by atoms with Gasteiger partial charge in [0.1, 0.15) is 0 Å². The Morgan fingerprint density at radius 2 is 1.13 bits per heavy atom. The highest BCUT2D eigenvalue weighted by molar-refractivity contribution is 8.13. The van der Waals surface area contributed by atoms with Gasteiger partial charge in [0.2, 0.25) is 0 Å². The van der Waals surface area contributed by atoms with E-state index in [9.17, 15) is 16.8 Å². The maximum atomic E-state index is 11.0. The number of thiocyanates is 1. The number of hydrogen-bond acceptors (Lipinski definition) is 5. The second-order valence-electron chi connectivity index (χ2n) is 4.66. The summed E-state index contributed by atoms with van der Waals surface area (Å²) in [5.41, 5.74) is 1.97. The van der Waals surface area contributed by atoms with Crippen LogP contribution in [-0.4, -0.2) is 16.8 Å². The van der Waals surface area contributed by atoms with E-state index in [0.29, 0.717) is 0 Å². The van der Waals surface area contributed by atoms with E-state index in [2.05, 4.69) is 0 Å². The van der Waals surface area contributed by atoms with Gasteiger partial charge in [0, 0.05) is 10.7 Å². The topological polar surface area (TPSA) is 92.1 Å². The maximum Gasteiger partial charge on any atom is 0.269 e. The van der Waals surface area contributed by atoms with Crippen LogP contribution in [0, 0.1) is 24.5 Å². The zero-order valence-corrected chi connectivity index (χ0v) is 14.8. The molecule has 0 atom stereocenters. The number of hydrogen-bond donors (Lipinski definition) is 0. The molecule has 0 aliphatic carbocycles. The molecule has 0 radical (unpaired) electrons. The van der Waals surface area contributed by atoms with Crippen molar-refractivity contribution in [3.05, 3.63) is 59.7 Å². The van der Waals surface area contributed by atoms with Gasteiger partial charge >= 0.3 is 0 Å². The van der Waals surface area contributed by atoms with Crippen molar-refractivity contribution < 1.29 is 16.8 Å². The molecule has 0 amide bonds. The summed E-state index contributed by atoms with van der Waals surface area (Å²) < 4.78 is 43.3. The molecule has 2 aromatic rings. The molecule has 0 saturated carbocycles. The molecule has 0 aliphatic heterocycles. The Morgan fingerprint density at radius 3 is 1.43 bits per heavy atom.